The summed E-state index contributed by atoms with van der Waals surface area (Å²) >= 11 is 0.850. The quantitative estimate of drug-likeness (QED) is 0.844. The number of nitrogens with one attached hydrogen (secondary N) is 1. The highest BCUT2D eigenvalue weighted by Gasteiger charge is 2.43. The molecular formula is C11H14F3N3OS. The van der Waals surface area contributed by atoms with Gasteiger partial charge in [-0.05, 0) is 14.1 Å². The Morgan fingerprint density at radius 2 is 2.26 bits per heavy atom. The zero-order chi connectivity index (χ0) is 14.5. The zero-order valence-corrected chi connectivity index (χ0v) is 11.3. The first-order valence-corrected chi connectivity index (χ1v) is 6.26. The smallest absolute Gasteiger partial charge is 0.335 e. The van der Waals surface area contributed by atoms with E-state index >= 15 is 0 Å². The molecule has 0 saturated carbocycles. The lowest BCUT2D eigenvalue weighted by Gasteiger charge is -2.18. The number of hydrogen-bond donors (Lipinski definition) is 1. The minimum atomic E-state index is -4.57. The molecule has 0 aliphatic heterocycles. The molecular weight excluding hydrogens is 279 g/mol. The van der Waals surface area contributed by atoms with E-state index in [-0.39, 0.29) is 5.01 Å². The van der Waals surface area contributed by atoms with Crippen LogP contribution in [0.25, 0.3) is 0 Å². The number of halogens is 3. The molecule has 1 N–H and O–H groups in total. The van der Waals surface area contributed by atoms with Crippen molar-refractivity contribution in [3.8, 4) is 0 Å². The molecule has 1 amide bonds. The van der Waals surface area contributed by atoms with Gasteiger partial charge in [0.1, 0.15) is 5.01 Å². The summed E-state index contributed by atoms with van der Waals surface area (Å²) in [6.07, 6.45) is -0.716. The Morgan fingerprint density at radius 1 is 1.58 bits per heavy atom. The Balaban J connectivity index is 2.69. The van der Waals surface area contributed by atoms with Crippen LogP contribution < -0.4 is 5.32 Å². The van der Waals surface area contributed by atoms with E-state index in [1.54, 1.807) is 19.0 Å². The third-order valence-corrected chi connectivity index (χ3v) is 2.89. The van der Waals surface area contributed by atoms with Gasteiger partial charge in [-0.2, -0.15) is 13.2 Å². The summed E-state index contributed by atoms with van der Waals surface area (Å²) in [5, 5.41) is 3.17. The van der Waals surface area contributed by atoms with E-state index in [1.807, 2.05) is 5.32 Å². The summed E-state index contributed by atoms with van der Waals surface area (Å²) in [7, 11) is 3.58. The van der Waals surface area contributed by atoms with Gasteiger partial charge in [0.2, 0.25) is 5.91 Å². The second kappa shape index (κ2) is 6.67. The number of rotatable bonds is 5. The van der Waals surface area contributed by atoms with Gasteiger partial charge < -0.3 is 10.2 Å². The third kappa shape index (κ3) is 5.39. The number of amides is 1. The molecule has 0 aliphatic rings. The second-order valence-electron chi connectivity index (χ2n) is 4.02. The van der Waals surface area contributed by atoms with Crippen LogP contribution in [0.1, 0.15) is 11.0 Å². The molecule has 19 heavy (non-hydrogen) atoms. The first kappa shape index (κ1) is 15.6. The first-order valence-electron chi connectivity index (χ1n) is 5.38. The second-order valence-corrected chi connectivity index (χ2v) is 4.94. The average molecular weight is 293 g/mol. The predicted molar refractivity (Wildman–Crippen MR) is 66.7 cm³/mol. The molecule has 0 aromatic carbocycles. The highest BCUT2D eigenvalue weighted by atomic mass is 32.1. The monoisotopic (exact) mass is 293 g/mol. The maximum Gasteiger partial charge on any atom is 0.415 e. The summed E-state index contributed by atoms with van der Waals surface area (Å²) in [6.45, 7) is 0.474. The number of likely N-dealkylation sites (N-methyl/N-ethyl adjacent to an activating group) is 1. The maximum atomic E-state index is 12.8. The highest BCUT2D eigenvalue weighted by molar-refractivity contribution is 7.09. The van der Waals surface area contributed by atoms with Crippen LogP contribution in [0.4, 0.5) is 13.2 Å². The molecule has 4 nitrogen and oxygen atoms in total. The fraction of sp³-hybridized carbons (Fsp3) is 0.455. The van der Waals surface area contributed by atoms with Gasteiger partial charge in [-0.15, -0.1) is 11.3 Å². The van der Waals surface area contributed by atoms with Gasteiger partial charge in [-0.3, -0.25) is 4.79 Å². The lowest BCUT2D eigenvalue weighted by molar-refractivity contribution is -0.162. The number of thiazole rings is 1. The van der Waals surface area contributed by atoms with Crippen LogP contribution in [0, 0.1) is 0 Å². The van der Waals surface area contributed by atoms with Crippen molar-refractivity contribution in [2.24, 2.45) is 0 Å². The van der Waals surface area contributed by atoms with Crippen LogP contribution in [-0.4, -0.2) is 42.6 Å². The average Bonchev–Trinajstić information content (AvgIpc) is 2.76. The first-order chi connectivity index (χ1) is 8.80. The topological polar surface area (TPSA) is 45.2 Å². The van der Waals surface area contributed by atoms with Crippen LogP contribution in [0.5, 0.6) is 0 Å². The van der Waals surface area contributed by atoms with Crippen LogP contribution in [0.2, 0.25) is 0 Å². The van der Waals surface area contributed by atoms with Crippen molar-refractivity contribution in [3.05, 3.63) is 28.7 Å². The molecule has 0 spiro atoms. The molecule has 1 aromatic heterocycles. The van der Waals surface area contributed by atoms with Crippen LogP contribution in [0.3, 0.4) is 0 Å². The Labute approximate surface area is 112 Å². The molecule has 0 bridgehead atoms. The minimum absolute atomic E-state index is 0.179. The third-order valence-electron chi connectivity index (χ3n) is 2.05. The Kier molecular flexibility index (Phi) is 5.49. The van der Waals surface area contributed by atoms with Crippen molar-refractivity contribution in [3.63, 3.8) is 0 Å². The molecule has 0 saturated heterocycles. The highest BCUT2D eigenvalue weighted by Crippen LogP contribution is 2.33. The molecule has 1 atom stereocenters. The molecule has 8 heteroatoms. The summed E-state index contributed by atoms with van der Waals surface area (Å²) in [6, 6.07) is -2.07. The molecule has 0 radical (unpaired) electrons. The van der Waals surface area contributed by atoms with Gasteiger partial charge in [0.15, 0.2) is 6.04 Å². The van der Waals surface area contributed by atoms with E-state index in [0.29, 0.717) is 6.54 Å². The molecule has 1 aromatic rings. The number of hydrogen-bond acceptors (Lipinski definition) is 4. The minimum Gasteiger partial charge on any atom is -0.335 e. The Morgan fingerprint density at radius 3 is 2.74 bits per heavy atom. The lowest BCUT2D eigenvalue weighted by Crippen LogP contribution is -2.37. The Hall–Kier alpha value is -1.41. The van der Waals surface area contributed by atoms with Crippen LogP contribution in [-0.2, 0) is 4.79 Å². The van der Waals surface area contributed by atoms with Gasteiger partial charge >= 0.3 is 6.18 Å². The van der Waals surface area contributed by atoms with Gasteiger partial charge in [0.05, 0.1) is 0 Å². The van der Waals surface area contributed by atoms with E-state index in [1.165, 1.54) is 17.7 Å². The molecule has 106 valence electrons. The molecule has 1 unspecified atom stereocenters. The number of alkyl halides is 3. The van der Waals surface area contributed by atoms with Crippen LogP contribution in [0.15, 0.2) is 23.7 Å². The van der Waals surface area contributed by atoms with Gasteiger partial charge in [-0.25, -0.2) is 4.98 Å². The van der Waals surface area contributed by atoms with Gasteiger partial charge in [0.25, 0.3) is 0 Å². The zero-order valence-electron chi connectivity index (χ0n) is 10.4. The van der Waals surface area contributed by atoms with E-state index in [0.717, 1.165) is 17.4 Å². The summed E-state index contributed by atoms with van der Waals surface area (Å²) in [5.41, 5.74) is 0. The summed E-state index contributed by atoms with van der Waals surface area (Å²) in [4.78, 5) is 16.8. The number of carbonyl (C=O) groups excluding carboxylic acids is 1. The molecule has 1 rings (SSSR count). The fourth-order valence-electron chi connectivity index (χ4n) is 1.22. The van der Waals surface area contributed by atoms with Crippen molar-refractivity contribution in [2.45, 2.75) is 12.2 Å². The van der Waals surface area contributed by atoms with Crippen molar-refractivity contribution in [1.29, 1.82) is 0 Å². The van der Waals surface area contributed by atoms with E-state index in [9.17, 15) is 18.0 Å². The Bertz CT molecular complexity index is 429. The number of aromatic nitrogens is 1. The number of carbonyl (C=O) groups is 1. The van der Waals surface area contributed by atoms with Gasteiger partial charge in [-0.1, -0.05) is 6.08 Å². The lowest BCUT2D eigenvalue weighted by atomic mass is 10.3. The van der Waals surface area contributed by atoms with E-state index < -0.39 is 18.1 Å². The molecule has 0 fully saturated rings. The fourth-order valence-corrected chi connectivity index (χ4v) is 1.93. The van der Waals surface area contributed by atoms with E-state index in [4.69, 9.17) is 0 Å². The van der Waals surface area contributed by atoms with Crippen molar-refractivity contribution in [2.75, 3.05) is 20.6 Å². The summed E-state index contributed by atoms with van der Waals surface area (Å²) in [5.74, 6) is -0.792. The summed E-state index contributed by atoms with van der Waals surface area (Å²) < 4.78 is 38.4. The number of nitrogens with zero attached hydrogens (tertiary/aromatic N) is 2. The predicted octanol–water partition coefficient (Wildman–Crippen LogP) is 1.98. The standard InChI is InChI=1S/C11H14F3N3OS/c1-17(2)6-3-4-8(18)16-9(11(12,13)14)10-15-5-7-19-10/h3-5,7,9H,6H2,1-2H3,(H,16,18)/b4-3+. The van der Waals surface area contributed by atoms with E-state index in [2.05, 4.69) is 4.98 Å². The van der Waals surface area contributed by atoms with Crippen molar-refractivity contribution < 1.29 is 18.0 Å². The SMILES string of the molecule is CN(C)C/C=C/C(=O)NC(c1nccs1)C(F)(F)F. The van der Waals surface area contributed by atoms with Crippen LogP contribution >= 0.6 is 11.3 Å². The largest absolute Gasteiger partial charge is 0.415 e. The maximum absolute atomic E-state index is 12.8. The molecule has 1 heterocycles. The van der Waals surface area contributed by atoms with Crippen molar-refractivity contribution in [1.82, 2.24) is 15.2 Å². The van der Waals surface area contributed by atoms with Gasteiger partial charge in [0, 0.05) is 24.2 Å². The molecule has 0 aliphatic carbocycles. The normalized spacial score (nSPS) is 14.0. The van der Waals surface area contributed by atoms with Crippen molar-refractivity contribution >= 4 is 17.2 Å².